The number of aromatic carboxylic acids is 1. The average molecular weight is 1030 g/mol. The number of carbonyl (C=O) groups excluding carboxylic acids is 1. The molecule has 2 N–H and O–H groups in total. The van der Waals surface area contributed by atoms with E-state index < -0.39 is 104 Å². The van der Waals surface area contributed by atoms with Gasteiger partial charge in [0.25, 0.3) is 0 Å². The number of phenolic OH excluding ortho intramolecular Hbond substituents is 1. The predicted octanol–water partition coefficient (Wildman–Crippen LogP) is 12.0. The fraction of sp³-hybridized carbons (Fsp3) is 0.435. The molecule has 380 valence electrons. The van der Waals surface area contributed by atoms with Crippen LogP contribution in [0.25, 0.3) is 0 Å². The first kappa shape index (κ1) is 56.1. The van der Waals surface area contributed by atoms with Gasteiger partial charge in [0.15, 0.2) is 57.6 Å². The molecule has 0 aromatic heterocycles. The van der Waals surface area contributed by atoms with Gasteiger partial charge in [0, 0.05) is 11.1 Å². The van der Waals surface area contributed by atoms with Gasteiger partial charge in [-0.2, -0.15) is 17.6 Å². The van der Waals surface area contributed by atoms with Gasteiger partial charge in [-0.25, -0.2) is 35.9 Å². The lowest BCUT2D eigenvalue weighted by molar-refractivity contribution is 0.0480. The highest BCUT2D eigenvalue weighted by atomic mass is 28.4. The van der Waals surface area contributed by atoms with Gasteiger partial charge in [0.1, 0.15) is 13.2 Å². The number of carboxylic acid groups (broad SMARTS) is 1. The van der Waals surface area contributed by atoms with Crippen molar-refractivity contribution >= 4 is 28.6 Å². The topological polar surface area (TPSA) is 139 Å². The molecule has 0 aliphatic carbocycles. The summed E-state index contributed by atoms with van der Waals surface area (Å²) in [7, 11) is -3.91. The molecule has 0 bridgehead atoms. The van der Waals surface area contributed by atoms with Crippen LogP contribution in [0.5, 0.6) is 34.5 Å². The van der Waals surface area contributed by atoms with Crippen LogP contribution in [0.15, 0.2) is 24.3 Å². The number of aromatic hydroxyl groups is 1. The second-order valence-electron chi connectivity index (χ2n) is 18.9. The predicted molar refractivity (Wildman–Crippen MR) is 235 cm³/mol. The summed E-state index contributed by atoms with van der Waals surface area (Å²) in [4.78, 5) is 23.8. The Morgan fingerprint density at radius 1 is 0.580 bits per heavy atom. The normalized spacial score (nSPS) is 15.6. The molecule has 0 radical (unpaired) electrons. The van der Waals surface area contributed by atoms with Gasteiger partial charge in [0.2, 0.25) is 63.9 Å². The minimum atomic E-state index is -2.35. The highest BCUT2D eigenvalue weighted by molar-refractivity contribution is 6.74. The molecule has 11 nitrogen and oxygen atoms in total. The van der Waals surface area contributed by atoms with Crippen molar-refractivity contribution in [2.75, 3.05) is 26.4 Å². The molecular formula is C46H52F10O11Si2. The largest absolute Gasteiger partial charge is 0.503 e. The number of phenols is 1. The van der Waals surface area contributed by atoms with E-state index in [1.54, 1.807) is 19.1 Å². The fourth-order valence-corrected chi connectivity index (χ4v) is 7.76. The number of hydrogen-bond donors (Lipinski definition) is 2. The van der Waals surface area contributed by atoms with Crippen LogP contribution >= 0.6 is 0 Å². The molecule has 6 rings (SSSR count). The van der Waals surface area contributed by atoms with Crippen LogP contribution in [0.2, 0.25) is 36.3 Å². The number of rotatable bonds is 9. The highest BCUT2D eigenvalue weighted by Crippen LogP contribution is 2.42. The molecule has 4 aromatic rings. The van der Waals surface area contributed by atoms with Gasteiger partial charge in [-0.15, -0.1) is 0 Å². The second-order valence-corrected chi connectivity index (χ2v) is 28.5. The van der Waals surface area contributed by atoms with Crippen molar-refractivity contribution < 1.29 is 96.2 Å². The van der Waals surface area contributed by atoms with Crippen molar-refractivity contribution in [2.24, 2.45) is 0 Å². The Morgan fingerprint density at radius 3 is 1.28 bits per heavy atom. The van der Waals surface area contributed by atoms with Crippen LogP contribution in [-0.2, 0) is 8.85 Å². The molecular weight excluding hydrogens is 975 g/mol. The molecule has 2 aliphatic rings. The number of ether oxygens (including phenoxy) is 5. The van der Waals surface area contributed by atoms with Gasteiger partial charge in [-0.3, -0.25) is 0 Å². The van der Waals surface area contributed by atoms with Crippen molar-refractivity contribution in [1.29, 1.82) is 0 Å². The minimum absolute atomic E-state index is 0.0167. The smallest absolute Gasteiger partial charge is 0.344 e. The number of carboxylic acids is 1. The lowest BCUT2D eigenvalue weighted by Crippen LogP contribution is -2.45. The first-order chi connectivity index (χ1) is 31.6. The Labute approximate surface area is 393 Å². The molecule has 69 heavy (non-hydrogen) atoms. The minimum Gasteiger partial charge on any atom is -0.503 e. The molecule has 0 spiro atoms. The van der Waals surface area contributed by atoms with Gasteiger partial charge < -0.3 is 42.7 Å². The lowest BCUT2D eigenvalue weighted by atomic mass is 10.1. The molecule has 23 heteroatoms. The van der Waals surface area contributed by atoms with Crippen molar-refractivity contribution in [2.45, 2.75) is 104 Å². The van der Waals surface area contributed by atoms with E-state index in [9.17, 15) is 58.6 Å². The summed E-state index contributed by atoms with van der Waals surface area (Å²) in [5.41, 5.74) is 0.839. The number of benzene rings is 4. The third-order valence-electron chi connectivity index (χ3n) is 12.0. The van der Waals surface area contributed by atoms with Crippen LogP contribution in [0, 0.1) is 72.0 Å². The Morgan fingerprint density at radius 2 is 0.913 bits per heavy atom. The molecule has 2 heterocycles. The van der Waals surface area contributed by atoms with Crippen LogP contribution in [0.1, 0.15) is 73.4 Å². The summed E-state index contributed by atoms with van der Waals surface area (Å²) >= 11 is 0. The van der Waals surface area contributed by atoms with E-state index in [2.05, 4.69) is 72.5 Å². The molecule has 0 unspecified atom stereocenters. The SMILES string of the molecule is Cc1c(C(=O)O)ccc2c1O[C@@H](CO[Si](C)(C)C(C)(C)C)CO2.Cc1c(C(=O)Oc2c(F)c(F)c(F)c(F)c2F)ccc2c1O[C@@H](CO[Si](C)(C)C(C)(C)C)CO2.Oc1c(F)c(F)c(F)c(F)c1F. The van der Waals surface area contributed by atoms with Gasteiger partial charge >= 0.3 is 11.9 Å². The number of esters is 1. The monoisotopic (exact) mass is 1030 g/mol. The Bertz CT molecular complexity index is 2460. The van der Waals surface area contributed by atoms with Crippen LogP contribution in [0.3, 0.4) is 0 Å². The third kappa shape index (κ3) is 12.3. The highest BCUT2D eigenvalue weighted by Gasteiger charge is 2.40. The number of halogens is 10. The Kier molecular flexibility index (Phi) is 17.2. The molecule has 0 fully saturated rings. The second kappa shape index (κ2) is 21.2. The number of hydrogen-bond acceptors (Lipinski definition) is 10. The van der Waals surface area contributed by atoms with Crippen molar-refractivity contribution in [3.8, 4) is 34.5 Å². The first-order valence-corrected chi connectivity index (χ1v) is 26.8. The standard InChI is InChI=1S/C23H25F5O5Si.C17H26O5Si.C6HF5O/c1-11-13(22(29)33-21-18(27)16(25)15(24)17(26)19(21)28)7-8-14-20(11)32-12(9-30-14)10-31-34(5,6)23(2,3)4;1-11-13(16(18)19)7-8-14-15(11)22-12(9-20-14)10-21-23(5,6)17(2,3)4;7-1-2(8)4(10)6(12)5(11)3(1)9/h7-8,12H,9-10H2,1-6H3;7-8,12H,9-10H2,1-6H3,(H,18,19);12H/t2*12-;/m11./s1. The molecule has 0 saturated heterocycles. The zero-order chi connectivity index (χ0) is 52.5. The molecule has 2 aliphatic heterocycles. The molecule has 2 atom stereocenters. The molecule has 4 aromatic carbocycles. The van der Waals surface area contributed by atoms with E-state index in [-0.39, 0.29) is 51.8 Å². The summed E-state index contributed by atoms with van der Waals surface area (Å²) in [6.07, 6.45) is -0.707. The van der Waals surface area contributed by atoms with Crippen molar-refractivity contribution in [1.82, 2.24) is 0 Å². The van der Waals surface area contributed by atoms with E-state index in [4.69, 9.17) is 32.9 Å². The summed E-state index contributed by atoms with van der Waals surface area (Å²) in [6.45, 7) is 25.9. The number of carbonyl (C=O) groups is 2. The Balaban J connectivity index is 0.000000254. The average Bonchev–Trinajstić information content (AvgIpc) is 3.28. The zero-order valence-electron chi connectivity index (χ0n) is 39.6. The van der Waals surface area contributed by atoms with Gasteiger partial charge in [-0.05, 0) is 74.4 Å². The first-order valence-electron chi connectivity index (χ1n) is 21.0. The maximum Gasteiger partial charge on any atom is 0.344 e. The number of fused-ring (bicyclic) bond motifs is 2. The maximum atomic E-state index is 13.9. The molecule has 0 amide bonds. The van der Waals surface area contributed by atoms with E-state index in [1.165, 1.54) is 19.1 Å². The van der Waals surface area contributed by atoms with E-state index >= 15 is 0 Å². The molecule has 0 saturated carbocycles. The van der Waals surface area contributed by atoms with Crippen molar-refractivity contribution in [3.63, 3.8) is 0 Å². The van der Waals surface area contributed by atoms with Gasteiger partial charge in [-0.1, -0.05) is 41.5 Å². The van der Waals surface area contributed by atoms with E-state index in [0.29, 0.717) is 36.0 Å². The fourth-order valence-electron chi connectivity index (χ4n) is 5.69. The lowest BCUT2D eigenvalue weighted by Gasteiger charge is -2.38. The summed E-state index contributed by atoms with van der Waals surface area (Å²) < 4.78 is 169. The third-order valence-corrected chi connectivity index (χ3v) is 21.0. The summed E-state index contributed by atoms with van der Waals surface area (Å²) in [5, 5.41) is 17.6. The summed E-state index contributed by atoms with van der Waals surface area (Å²) in [5.74, 6) is -26.6. The van der Waals surface area contributed by atoms with E-state index in [1.807, 2.05) is 0 Å². The van der Waals surface area contributed by atoms with Crippen LogP contribution < -0.4 is 23.7 Å². The summed E-state index contributed by atoms with van der Waals surface area (Å²) in [6, 6.07) is 5.84. The maximum absolute atomic E-state index is 13.9. The Hall–Kier alpha value is -5.53. The van der Waals surface area contributed by atoms with Crippen LogP contribution in [-0.4, -0.2) is 77.4 Å². The van der Waals surface area contributed by atoms with Crippen molar-refractivity contribution in [3.05, 3.63) is 105 Å². The van der Waals surface area contributed by atoms with Crippen LogP contribution in [0.4, 0.5) is 43.9 Å². The quantitative estimate of drug-likeness (QED) is 0.0414. The van der Waals surface area contributed by atoms with E-state index in [0.717, 1.165) is 0 Å². The zero-order valence-corrected chi connectivity index (χ0v) is 41.6. The van der Waals surface area contributed by atoms with Gasteiger partial charge in [0.05, 0.1) is 24.3 Å².